The highest BCUT2D eigenvalue weighted by Crippen LogP contribution is 2.28. The molecule has 2 saturated heterocycles. The van der Waals surface area contributed by atoms with Crippen LogP contribution in [-0.4, -0.2) is 44.2 Å². The average molecular weight is 434 g/mol. The lowest BCUT2D eigenvalue weighted by Crippen LogP contribution is -2.27. The van der Waals surface area contributed by atoms with Gasteiger partial charge in [0.05, 0.1) is 6.42 Å². The molecule has 9 heteroatoms. The second-order valence-corrected chi connectivity index (χ2v) is 10.6. The summed E-state index contributed by atoms with van der Waals surface area (Å²) in [5.74, 6) is -0.124. The van der Waals surface area contributed by atoms with Gasteiger partial charge in [0.25, 0.3) is 10.0 Å². The highest BCUT2D eigenvalue weighted by molar-refractivity contribution is 7.91. The van der Waals surface area contributed by atoms with Crippen LogP contribution in [0.1, 0.15) is 30.6 Å². The summed E-state index contributed by atoms with van der Waals surface area (Å²) in [4.78, 5) is 26.8. The number of hydrogen-bond donors (Lipinski definition) is 1. The lowest BCUT2D eigenvalue weighted by atomic mass is 10.2. The van der Waals surface area contributed by atoms with Crippen LogP contribution in [0, 0.1) is 0 Å². The van der Waals surface area contributed by atoms with Crippen LogP contribution < -0.4 is 10.2 Å². The van der Waals surface area contributed by atoms with Crippen LogP contribution in [0.2, 0.25) is 0 Å². The Hall–Kier alpha value is -2.23. The van der Waals surface area contributed by atoms with Crippen LogP contribution in [0.25, 0.3) is 0 Å². The first-order chi connectivity index (χ1) is 13.9. The summed E-state index contributed by atoms with van der Waals surface area (Å²) >= 11 is 1.15. The Kier molecular flexibility index (Phi) is 5.71. The number of rotatable bonds is 6. The molecule has 0 saturated carbocycles. The summed E-state index contributed by atoms with van der Waals surface area (Å²) in [6, 6.07) is 10.5. The minimum absolute atomic E-state index is 0.0961. The van der Waals surface area contributed by atoms with Crippen molar-refractivity contribution >= 4 is 44.5 Å². The predicted molar refractivity (Wildman–Crippen MR) is 113 cm³/mol. The van der Waals surface area contributed by atoms with E-state index in [-0.39, 0.29) is 22.4 Å². The van der Waals surface area contributed by atoms with Gasteiger partial charge in [-0.15, -0.1) is 11.3 Å². The molecule has 0 radical (unpaired) electrons. The van der Waals surface area contributed by atoms with Crippen molar-refractivity contribution in [2.75, 3.05) is 29.9 Å². The molecule has 29 heavy (non-hydrogen) atoms. The quantitative estimate of drug-likeness (QED) is 0.759. The van der Waals surface area contributed by atoms with Gasteiger partial charge in [-0.3, -0.25) is 9.59 Å². The number of amides is 2. The largest absolute Gasteiger partial charge is 0.326 e. The van der Waals surface area contributed by atoms with E-state index in [1.165, 1.54) is 4.31 Å². The summed E-state index contributed by atoms with van der Waals surface area (Å²) in [7, 11) is -3.45. The number of anilines is 2. The van der Waals surface area contributed by atoms with Crippen LogP contribution >= 0.6 is 11.3 Å². The van der Waals surface area contributed by atoms with Crippen LogP contribution in [0.5, 0.6) is 0 Å². The zero-order chi connectivity index (χ0) is 20.4. The maximum absolute atomic E-state index is 12.6. The monoisotopic (exact) mass is 433 g/mol. The third kappa shape index (κ3) is 4.36. The smallest absolute Gasteiger partial charge is 0.252 e. The molecule has 2 aliphatic rings. The molecule has 154 valence electrons. The number of nitrogens with zero attached hydrogens (tertiary/aromatic N) is 2. The normalized spacial score (nSPS) is 17.8. The van der Waals surface area contributed by atoms with E-state index in [2.05, 4.69) is 5.32 Å². The van der Waals surface area contributed by atoms with Crippen molar-refractivity contribution in [1.29, 1.82) is 0 Å². The Balaban J connectivity index is 1.40. The molecule has 2 fully saturated rings. The molecule has 0 aliphatic carbocycles. The first-order valence-electron chi connectivity index (χ1n) is 9.73. The van der Waals surface area contributed by atoms with Gasteiger partial charge in [-0.2, -0.15) is 4.31 Å². The molecular formula is C20H23N3O4S2. The Bertz CT molecular complexity index is 1030. The van der Waals surface area contributed by atoms with Crippen LogP contribution in [0.15, 0.2) is 40.6 Å². The standard InChI is InChI=1S/C20H23N3O4S2/c24-18(21-15-5-3-6-16(13-15)23-12-4-7-19(23)25)14-17-8-9-20(28-17)29(26,27)22-10-1-2-11-22/h3,5-6,8-9,13H,1-2,4,7,10-12,14H2,(H,21,24). The second kappa shape index (κ2) is 8.25. The highest BCUT2D eigenvalue weighted by Gasteiger charge is 2.28. The minimum atomic E-state index is -3.45. The Morgan fingerprint density at radius 2 is 1.86 bits per heavy atom. The lowest BCUT2D eigenvalue weighted by molar-refractivity contribution is -0.117. The first kappa shape index (κ1) is 20.1. The Morgan fingerprint density at radius 1 is 1.07 bits per heavy atom. The fourth-order valence-electron chi connectivity index (χ4n) is 3.68. The molecular weight excluding hydrogens is 410 g/mol. The summed E-state index contributed by atoms with van der Waals surface area (Å²) in [6.45, 7) is 1.82. The van der Waals surface area contributed by atoms with E-state index in [4.69, 9.17) is 0 Å². The van der Waals surface area contributed by atoms with Gasteiger partial charge in [0.1, 0.15) is 4.21 Å². The molecule has 2 amide bonds. The van der Waals surface area contributed by atoms with Crippen molar-refractivity contribution in [2.24, 2.45) is 0 Å². The van der Waals surface area contributed by atoms with Crippen molar-refractivity contribution in [3.63, 3.8) is 0 Å². The first-order valence-corrected chi connectivity index (χ1v) is 12.0. The fraction of sp³-hybridized carbons (Fsp3) is 0.400. The molecule has 0 atom stereocenters. The molecule has 1 aromatic heterocycles. The highest BCUT2D eigenvalue weighted by atomic mass is 32.2. The van der Waals surface area contributed by atoms with Gasteiger partial charge in [-0.05, 0) is 49.6 Å². The summed E-state index contributed by atoms with van der Waals surface area (Å²) in [5.41, 5.74) is 1.40. The van der Waals surface area contributed by atoms with Crippen molar-refractivity contribution in [3.8, 4) is 0 Å². The predicted octanol–water partition coefficient (Wildman–Crippen LogP) is 2.84. The van der Waals surface area contributed by atoms with E-state index in [0.717, 1.165) is 36.3 Å². The zero-order valence-corrected chi connectivity index (χ0v) is 17.6. The van der Waals surface area contributed by atoms with E-state index < -0.39 is 10.0 Å². The molecule has 2 aliphatic heterocycles. The second-order valence-electron chi connectivity index (χ2n) is 7.26. The van der Waals surface area contributed by atoms with Gasteiger partial charge in [-0.1, -0.05) is 6.07 Å². The van der Waals surface area contributed by atoms with Gasteiger partial charge >= 0.3 is 0 Å². The van der Waals surface area contributed by atoms with Gasteiger partial charge in [0.15, 0.2) is 0 Å². The van der Waals surface area contributed by atoms with E-state index >= 15 is 0 Å². The molecule has 1 N–H and O–H groups in total. The molecule has 3 heterocycles. The molecule has 4 rings (SSSR count). The van der Waals surface area contributed by atoms with Crippen LogP contribution in [-0.2, 0) is 26.0 Å². The third-order valence-electron chi connectivity index (χ3n) is 5.15. The summed E-state index contributed by atoms with van der Waals surface area (Å²) in [5, 5.41) is 2.84. The van der Waals surface area contributed by atoms with Gasteiger partial charge in [0, 0.05) is 42.3 Å². The number of hydrogen-bond acceptors (Lipinski definition) is 5. The molecule has 2 aromatic rings. The van der Waals surface area contributed by atoms with E-state index in [1.54, 1.807) is 29.2 Å². The topological polar surface area (TPSA) is 86.8 Å². The molecule has 1 aromatic carbocycles. The molecule has 7 nitrogen and oxygen atoms in total. The van der Waals surface area contributed by atoms with Crippen molar-refractivity contribution in [1.82, 2.24) is 4.31 Å². The van der Waals surface area contributed by atoms with Gasteiger partial charge in [-0.25, -0.2) is 8.42 Å². The van der Waals surface area contributed by atoms with Crippen molar-refractivity contribution in [3.05, 3.63) is 41.3 Å². The average Bonchev–Trinajstić information content (AvgIpc) is 3.44. The Labute approximate surface area is 174 Å². The summed E-state index contributed by atoms with van der Waals surface area (Å²) in [6.07, 6.45) is 3.28. The van der Waals surface area contributed by atoms with Gasteiger partial charge in [0.2, 0.25) is 11.8 Å². The van der Waals surface area contributed by atoms with Crippen molar-refractivity contribution in [2.45, 2.75) is 36.3 Å². The third-order valence-corrected chi connectivity index (χ3v) is 8.60. The van der Waals surface area contributed by atoms with Crippen LogP contribution in [0.4, 0.5) is 11.4 Å². The summed E-state index contributed by atoms with van der Waals surface area (Å²) < 4.78 is 27.0. The molecule has 0 unspecified atom stereocenters. The van der Waals surface area contributed by atoms with E-state index in [1.807, 2.05) is 12.1 Å². The number of carbonyl (C=O) groups is 2. The molecule has 0 bridgehead atoms. The number of thiophene rings is 1. The lowest BCUT2D eigenvalue weighted by Gasteiger charge is -2.16. The molecule has 0 spiro atoms. The van der Waals surface area contributed by atoms with E-state index in [9.17, 15) is 18.0 Å². The number of sulfonamides is 1. The Morgan fingerprint density at radius 3 is 2.59 bits per heavy atom. The van der Waals surface area contributed by atoms with Gasteiger partial charge < -0.3 is 10.2 Å². The maximum atomic E-state index is 12.6. The zero-order valence-electron chi connectivity index (χ0n) is 16.0. The van der Waals surface area contributed by atoms with Crippen molar-refractivity contribution < 1.29 is 18.0 Å². The van der Waals surface area contributed by atoms with Crippen LogP contribution in [0.3, 0.4) is 0 Å². The van der Waals surface area contributed by atoms with E-state index in [0.29, 0.717) is 36.6 Å². The fourth-order valence-corrected chi connectivity index (χ4v) is 6.71. The maximum Gasteiger partial charge on any atom is 0.252 e. The number of benzene rings is 1. The number of carbonyl (C=O) groups excluding carboxylic acids is 2. The minimum Gasteiger partial charge on any atom is -0.326 e. The SMILES string of the molecule is O=C(Cc1ccc(S(=O)(=O)N2CCCC2)s1)Nc1cccc(N2CCCC2=O)c1. The number of nitrogens with one attached hydrogen (secondary N) is 1.